The summed E-state index contributed by atoms with van der Waals surface area (Å²) in [5.74, 6) is 0.868. The van der Waals surface area contributed by atoms with Gasteiger partial charge in [-0.2, -0.15) is 0 Å². The van der Waals surface area contributed by atoms with Gasteiger partial charge in [0, 0.05) is 21.6 Å². The topological polar surface area (TPSA) is 51.8 Å². The molecule has 0 aliphatic heterocycles. The van der Waals surface area contributed by atoms with Crippen LogP contribution in [0.4, 0.5) is 5.95 Å². The molecule has 2 aliphatic rings. The highest BCUT2D eigenvalue weighted by Crippen LogP contribution is 2.68. The lowest BCUT2D eigenvalue weighted by Crippen LogP contribution is -2.32. The molecule has 0 saturated heterocycles. The first kappa shape index (κ1) is 14.0. The number of aromatic nitrogens is 2. The van der Waals surface area contributed by atoms with Gasteiger partial charge in [0.2, 0.25) is 5.95 Å². The third-order valence-corrected chi connectivity index (χ3v) is 6.43. The van der Waals surface area contributed by atoms with Crippen molar-refractivity contribution in [3.8, 4) is 11.3 Å². The summed E-state index contributed by atoms with van der Waals surface area (Å²) in [5, 5.41) is 0.733. The molecule has 0 radical (unpaired) electrons. The fourth-order valence-corrected chi connectivity index (χ4v) is 4.62. The molecular formula is C18H20ClN3. The monoisotopic (exact) mass is 313 g/mol. The van der Waals surface area contributed by atoms with Gasteiger partial charge in [0.05, 0.1) is 11.4 Å². The van der Waals surface area contributed by atoms with Crippen LogP contribution in [0.1, 0.15) is 50.8 Å². The van der Waals surface area contributed by atoms with Gasteiger partial charge < -0.3 is 5.73 Å². The normalized spacial score (nSPS) is 27.9. The minimum Gasteiger partial charge on any atom is -0.368 e. The first-order valence-corrected chi connectivity index (χ1v) is 8.16. The fraction of sp³-hybridized carbons (Fsp3) is 0.444. The van der Waals surface area contributed by atoms with Crippen molar-refractivity contribution in [3.63, 3.8) is 0 Å². The molecular weight excluding hydrogens is 294 g/mol. The number of halogens is 1. The Balaban J connectivity index is 2.00. The lowest BCUT2D eigenvalue weighted by Gasteiger charge is -2.34. The van der Waals surface area contributed by atoms with Crippen LogP contribution in [0.2, 0.25) is 5.02 Å². The highest BCUT2D eigenvalue weighted by Gasteiger charge is 2.61. The Kier molecular flexibility index (Phi) is 2.69. The summed E-state index contributed by atoms with van der Waals surface area (Å²) >= 11 is 6.02. The molecule has 4 heteroatoms. The molecule has 2 bridgehead atoms. The van der Waals surface area contributed by atoms with Crippen LogP contribution in [0, 0.1) is 5.41 Å². The zero-order valence-corrected chi connectivity index (χ0v) is 13.9. The summed E-state index contributed by atoms with van der Waals surface area (Å²) in [4.78, 5) is 9.23. The van der Waals surface area contributed by atoms with Gasteiger partial charge in [-0.15, -0.1) is 0 Å². The number of hydrogen-bond acceptors (Lipinski definition) is 3. The maximum Gasteiger partial charge on any atom is 0.220 e. The second kappa shape index (κ2) is 4.23. The molecule has 1 aromatic carbocycles. The molecule has 2 unspecified atom stereocenters. The van der Waals surface area contributed by atoms with Crippen molar-refractivity contribution in [3.05, 3.63) is 40.5 Å². The Morgan fingerprint density at radius 3 is 2.50 bits per heavy atom. The lowest BCUT2D eigenvalue weighted by molar-refractivity contribution is 0.227. The van der Waals surface area contributed by atoms with E-state index < -0.39 is 0 Å². The predicted octanol–water partition coefficient (Wildman–Crippen LogP) is 4.55. The van der Waals surface area contributed by atoms with Crippen molar-refractivity contribution in [2.45, 2.75) is 44.9 Å². The molecule has 2 N–H and O–H groups in total. The quantitative estimate of drug-likeness (QED) is 0.840. The van der Waals surface area contributed by atoms with Gasteiger partial charge in [0.25, 0.3) is 0 Å². The molecule has 1 heterocycles. The van der Waals surface area contributed by atoms with E-state index in [9.17, 15) is 0 Å². The van der Waals surface area contributed by atoms with E-state index in [1.54, 1.807) is 0 Å². The minimum absolute atomic E-state index is 0.0885. The van der Waals surface area contributed by atoms with Crippen molar-refractivity contribution in [2.75, 3.05) is 5.73 Å². The van der Waals surface area contributed by atoms with Crippen molar-refractivity contribution in [1.82, 2.24) is 9.97 Å². The average Bonchev–Trinajstić information content (AvgIpc) is 2.79. The van der Waals surface area contributed by atoms with Crippen LogP contribution in [0.15, 0.2) is 24.3 Å². The van der Waals surface area contributed by atoms with Gasteiger partial charge in [-0.1, -0.05) is 44.5 Å². The molecule has 1 saturated carbocycles. The Labute approximate surface area is 135 Å². The van der Waals surface area contributed by atoms with Gasteiger partial charge in [0.1, 0.15) is 0 Å². The van der Waals surface area contributed by atoms with Crippen LogP contribution in [0.25, 0.3) is 11.3 Å². The zero-order valence-electron chi connectivity index (χ0n) is 13.2. The van der Waals surface area contributed by atoms with E-state index in [0.717, 1.165) is 22.0 Å². The highest BCUT2D eigenvalue weighted by atomic mass is 35.5. The first-order chi connectivity index (χ1) is 10.3. The van der Waals surface area contributed by atoms with Crippen LogP contribution in [-0.4, -0.2) is 9.97 Å². The van der Waals surface area contributed by atoms with E-state index in [0.29, 0.717) is 11.9 Å². The zero-order chi connectivity index (χ0) is 15.7. The SMILES string of the molecule is CC12CCC(c3c(-c4ccc(Cl)cc4)nc(N)nc31)C2(C)C. The number of nitrogens with zero attached hydrogens (tertiary/aromatic N) is 2. The molecule has 2 atom stereocenters. The predicted molar refractivity (Wildman–Crippen MR) is 90.0 cm³/mol. The van der Waals surface area contributed by atoms with Gasteiger partial charge in [0.15, 0.2) is 0 Å². The Morgan fingerprint density at radius 2 is 1.82 bits per heavy atom. The minimum atomic E-state index is 0.0885. The number of hydrogen-bond donors (Lipinski definition) is 1. The van der Waals surface area contributed by atoms with Crippen molar-refractivity contribution in [1.29, 1.82) is 0 Å². The van der Waals surface area contributed by atoms with E-state index in [1.165, 1.54) is 18.4 Å². The van der Waals surface area contributed by atoms with E-state index >= 15 is 0 Å². The Bertz CT molecular complexity index is 767. The van der Waals surface area contributed by atoms with E-state index in [1.807, 2.05) is 24.3 Å². The van der Waals surface area contributed by atoms with Crippen LogP contribution in [-0.2, 0) is 5.41 Å². The first-order valence-electron chi connectivity index (χ1n) is 7.78. The van der Waals surface area contributed by atoms with Crippen LogP contribution >= 0.6 is 11.6 Å². The second-order valence-corrected chi connectivity index (χ2v) is 7.78. The molecule has 3 nitrogen and oxygen atoms in total. The number of nitrogen functional groups attached to an aromatic ring is 1. The fourth-order valence-electron chi connectivity index (χ4n) is 4.49. The van der Waals surface area contributed by atoms with Gasteiger partial charge >= 0.3 is 0 Å². The summed E-state index contributed by atoms with van der Waals surface area (Å²) in [5.41, 5.74) is 10.8. The van der Waals surface area contributed by atoms with Gasteiger partial charge in [-0.3, -0.25) is 0 Å². The van der Waals surface area contributed by atoms with E-state index in [4.69, 9.17) is 17.3 Å². The van der Waals surface area contributed by atoms with E-state index in [2.05, 4.69) is 30.7 Å². The number of benzene rings is 1. The summed E-state index contributed by atoms with van der Waals surface area (Å²) in [6.45, 7) is 7.04. The van der Waals surface area contributed by atoms with Gasteiger partial charge in [-0.05, 0) is 36.3 Å². The summed E-state index contributed by atoms with van der Waals surface area (Å²) in [6, 6.07) is 7.85. The highest BCUT2D eigenvalue weighted by molar-refractivity contribution is 6.30. The molecule has 0 amide bonds. The third-order valence-electron chi connectivity index (χ3n) is 6.18. The number of fused-ring (bicyclic) bond motifs is 5. The van der Waals surface area contributed by atoms with Crippen LogP contribution in [0.5, 0.6) is 0 Å². The van der Waals surface area contributed by atoms with Gasteiger partial charge in [-0.25, -0.2) is 9.97 Å². The molecule has 22 heavy (non-hydrogen) atoms. The second-order valence-electron chi connectivity index (χ2n) is 7.34. The lowest BCUT2D eigenvalue weighted by atomic mass is 9.70. The third kappa shape index (κ3) is 1.58. The molecule has 114 valence electrons. The van der Waals surface area contributed by atoms with Crippen molar-refractivity contribution in [2.24, 2.45) is 5.41 Å². The summed E-state index contributed by atoms with van der Waals surface area (Å²) < 4.78 is 0. The molecule has 1 aromatic heterocycles. The Hall–Kier alpha value is -1.61. The van der Waals surface area contributed by atoms with Crippen molar-refractivity contribution < 1.29 is 0 Å². The molecule has 1 fully saturated rings. The summed E-state index contributed by atoms with van der Waals surface area (Å²) in [7, 11) is 0. The standard InChI is InChI=1S/C18H20ClN3/c1-17(2)12-8-9-18(17,3)15-13(12)14(21-16(20)22-15)10-4-6-11(19)7-5-10/h4-7,12H,8-9H2,1-3H3,(H2,20,21,22). The Morgan fingerprint density at radius 1 is 1.14 bits per heavy atom. The molecule has 0 spiro atoms. The van der Waals surface area contributed by atoms with Crippen LogP contribution in [0.3, 0.4) is 0 Å². The van der Waals surface area contributed by atoms with Crippen molar-refractivity contribution >= 4 is 17.5 Å². The molecule has 2 aromatic rings. The molecule has 2 aliphatic carbocycles. The maximum atomic E-state index is 6.03. The number of nitrogens with two attached hydrogens (primary N) is 1. The average molecular weight is 314 g/mol. The number of anilines is 1. The van der Waals surface area contributed by atoms with E-state index in [-0.39, 0.29) is 10.8 Å². The summed E-state index contributed by atoms with van der Waals surface area (Å²) in [6.07, 6.45) is 2.37. The number of rotatable bonds is 1. The largest absolute Gasteiger partial charge is 0.368 e. The maximum absolute atomic E-state index is 6.03. The molecule has 4 rings (SSSR count). The smallest absolute Gasteiger partial charge is 0.220 e. The van der Waals surface area contributed by atoms with Crippen LogP contribution < -0.4 is 5.73 Å².